The first-order chi connectivity index (χ1) is 16.6. The van der Waals surface area contributed by atoms with Crippen LogP contribution in [0.1, 0.15) is 49.3 Å². The van der Waals surface area contributed by atoms with Gasteiger partial charge in [-0.2, -0.15) is 5.10 Å². The number of nitrogens with one attached hydrogen (secondary N) is 1. The predicted octanol–water partition coefficient (Wildman–Crippen LogP) is 6.39. The molecule has 1 aliphatic rings. The fourth-order valence-corrected chi connectivity index (χ4v) is 5.18. The second-order valence-corrected chi connectivity index (χ2v) is 10.2. The lowest BCUT2D eigenvalue weighted by molar-refractivity contribution is -0.118. The number of amides is 1. The number of hydrogen-bond acceptors (Lipinski definition) is 5. The smallest absolute Gasteiger partial charge is 0.250 e. The summed E-state index contributed by atoms with van der Waals surface area (Å²) in [7, 11) is 0. The summed E-state index contributed by atoms with van der Waals surface area (Å²) in [4.78, 5) is 12.4. The van der Waals surface area contributed by atoms with Crippen LogP contribution in [0.3, 0.4) is 0 Å². The van der Waals surface area contributed by atoms with Crippen LogP contribution in [0, 0.1) is 6.92 Å². The number of nitrogens with zero attached hydrogens (tertiary/aromatic N) is 4. The summed E-state index contributed by atoms with van der Waals surface area (Å²) in [5.74, 6) is 0.912. The SMILES string of the molecule is Cc1ccc(-c2nnc(SCC(=O)NN=CC(Br)=Cc3ccccc3)n2C2CCCCC2)cc1. The fourth-order valence-electron chi connectivity index (χ4n) is 4.02. The molecule has 6 nitrogen and oxygen atoms in total. The molecule has 0 radical (unpaired) electrons. The standard InChI is InChI=1S/C26H28BrN5OS/c1-19-12-14-21(15-13-19)25-30-31-26(32(25)23-10-6-3-7-11-23)34-18-24(33)29-28-17-22(27)16-20-8-4-2-5-9-20/h2,4-5,8-9,12-17,23H,3,6-7,10-11,18H2,1H3,(H,29,33). The van der Waals surface area contributed by atoms with Crippen molar-refractivity contribution in [3.63, 3.8) is 0 Å². The van der Waals surface area contributed by atoms with Crippen molar-refractivity contribution in [2.75, 3.05) is 5.75 Å². The Morgan fingerprint density at radius 1 is 1.12 bits per heavy atom. The van der Waals surface area contributed by atoms with Crippen LogP contribution < -0.4 is 5.43 Å². The van der Waals surface area contributed by atoms with Crippen molar-refractivity contribution in [2.45, 2.75) is 50.2 Å². The molecule has 176 valence electrons. The maximum atomic E-state index is 12.4. The molecule has 1 aromatic heterocycles. The lowest BCUT2D eigenvalue weighted by Crippen LogP contribution is -2.20. The molecule has 2 aromatic carbocycles. The molecule has 1 heterocycles. The molecule has 0 atom stereocenters. The lowest BCUT2D eigenvalue weighted by Gasteiger charge is -2.25. The molecule has 1 amide bonds. The number of hydrazone groups is 1. The van der Waals surface area contributed by atoms with E-state index in [1.54, 1.807) is 6.21 Å². The Labute approximate surface area is 213 Å². The third kappa shape index (κ3) is 6.67. The summed E-state index contributed by atoms with van der Waals surface area (Å²) in [5, 5.41) is 13.8. The highest BCUT2D eigenvalue weighted by molar-refractivity contribution is 9.12. The largest absolute Gasteiger partial charge is 0.299 e. The number of carbonyl (C=O) groups is 1. The van der Waals surface area contributed by atoms with E-state index >= 15 is 0 Å². The summed E-state index contributed by atoms with van der Waals surface area (Å²) in [5.41, 5.74) is 5.91. The van der Waals surface area contributed by atoms with Crippen LogP contribution in [0.25, 0.3) is 17.5 Å². The van der Waals surface area contributed by atoms with Crippen LogP contribution in [0.15, 0.2) is 69.3 Å². The molecule has 0 unspecified atom stereocenters. The highest BCUT2D eigenvalue weighted by Gasteiger charge is 2.24. The van der Waals surface area contributed by atoms with E-state index in [0.29, 0.717) is 6.04 Å². The van der Waals surface area contributed by atoms with E-state index in [0.717, 1.165) is 39.4 Å². The van der Waals surface area contributed by atoms with Crippen molar-refractivity contribution in [1.29, 1.82) is 0 Å². The molecular weight excluding hydrogens is 510 g/mol. The molecule has 0 saturated heterocycles. The molecular formula is C26H28BrN5OS. The number of hydrogen-bond donors (Lipinski definition) is 1. The van der Waals surface area contributed by atoms with Gasteiger partial charge in [-0.25, -0.2) is 5.43 Å². The third-order valence-corrected chi connectivity index (χ3v) is 7.10. The van der Waals surface area contributed by atoms with Crippen LogP contribution in [-0.4, -0.2) is 32.6 Å². The van der Waals surface area contributed by atoms with Crippen molar-refractivity contribution >= 4 is 45.9 Å². The molecule has 0 aliphatic heterocycles. The summed E-state index contributed by atoms with van der Waals surface area (Å²) >= 11 is 4.86. The van der Waals surface area contributed by atoms with E-state index in [1.165, 1.54) is 36.6 Å². The molecule has 34 heavy (non-hydrogen) atoms. The maximum Gasteiger partial charge on any atom is 0.250 e. The Kier molecular flexibility index (Phi) is 8.71. The van der Waals surface area contributed by atoms with Gasteiger partial charge in [0.15, 0.2) is 11.0 Å². The first-order valence-electron chi connectivity index (χ1n) is 11.5. The zero-order valence-corrected chi connectivity index (χ0v) is 21.6. The Hall–Kier alpha value is -2.71. The number of carbonyl (C=O) groups excluding carboxylic acids is 1. The number of aryl methyl sites for hydroxylation is 1. The number of benzene rings is 2. The van der Waals surface area contributed by atoms with E-state index in [2.05, 4.69) is 72.4 Å². The van der Waals surface area contributed by atoms with E-state index < -0.39 is 0 Å². The molecule has 0 bridgehead atoms. The minimum absolute atomic E-state index is 0.184. The van der Waals surface area contributed by atoms with Crippen LogP contribution in [0.4, 0.5) is 0 Å². The monoisotopic (exact) mass is 537 g/mol. The van der Waals surface area contributed by atoms with Gasteiger partial charge in [-0.15, -0.1) is 10.2 Å². The van der Waals surface area contributed by atoms with E-state index in [-0.39, 0.29) is 11.7 Å². The van der Waals surface area contributed by atoms with Gasteiger partial charge in [0, 0.05) is 16.1 Å². The highest BCUT2D eigenvalue weighted by atomic mass is 79.9. The molecule has 1 aliphatic carbocycles. The first kappa shape index (κ1) is 24.4. The number of thioether (sulfide) groups is 1. The minimum Gasteiger partial charge on any atom is -0.299 e. The summed E-state index contributed by atoms with van der Waals surface area (Å²) < 4.78 is 3.01. The second-order valence-electron chi connectivity index (χ2n) is 8.36. The van der Waals surface area contributed by atoms with Gasteiger partial charge in [-0.3, -0.25) is 9.36 Å². The fraction of sp³-hybridized carbons (Fsp3) is 0.308. The number of rotatable bonds is 8. The van der Waals surface area contributed by atoms with Gasteiger partial charge in [0.05, 0.1) is 12.0 Å². The van der Waals surface area contributed by atoms with E-state index in [9.17, 15) is 4.79 Å². The summed E-state index contributed by atoms with van der Waals surface area (Å²) in [6, 6.07) is 18.6. The summed E-state index contributed by atoms with van der Waals surface area (Å²) in [6.07, 6.45) is 9.43. The topological polar surface area (TPSA) is 72.2 Å². The first-order valence-corrected chi connectivity index (χ1v) is 13.3. The van der Waals surface area contributed by atoms with Gasteiger partial charge < -0.3 is 0 Å². The molecule has 1 N–H and O–H groups in total. The molecule has 1 saturated carbocycles. The molecule has 1 fully saturated rings. The van der Waals surface area contributed by atoms with Gasteiger partial charge >= 0.3 is 0 Å². The van der Waals surface area contributed by atoms with Gasteiger partial charge in [-0.05, 0) is 47.3 Å². The number of halogens is 1. The van der Waals surface area contributed by atoms with Crippen molar-refractivity contribution in [3.05, 3.63) is 70.2 Å². The third-order valence-electron chi connectivity index (χ3n) is 5.73. The highest BCUT2D eigenvalue weighted by Crippen LogP contribution is 2.35. The minimum atomic E-state index is -0.184. The van der Waals surface area contributed by atoms with Crippen molar-refractivity contribution in [3.8, 4) is 11.4 Å². The Balaban J connectivity index is 1.41. The number of aromatic nitrogens is 3. The average molecular weight is 539 g/mol. The Morgan fingerprint density at radius 3 is 2.59 bits per heavy atom. The van der Waals surface area contributed by atoms with Crippen molar-refractivity contribution < 1.29 is 4.79 Å². The normalized spacial score (nSPS) is 15.1. The number of allylic oxidation sites excluding steroid dienone is 1. The van der Waals surface area contributed by atoms with E-state index in [1.807, 2.05) is 36.4 Å². The molecule has 3 aromatic rings. The van der Waals surface area contributed by atoms with Crippen LogP contribution in [0.5, 0.6) is 0 Å². The predicted molar refractivity (Wildman–Crippen MR) is 143 cm³/mol. The van der Waals surface area contributed by atoms with Gasteiger partial charge in [0.25, 0.3) is 5.91 Å². The molecule has 0 spiro atoms. The van der Waals surface area contributed by atoms with E-state index in [4.69, 9.17) is 0 Å². The zero-order valence-electron chi connectivity index (χ0n) is 19.2. The van der Waals surface area contributed by atoms with Gasteiger partial charge in [-0.1, -0.05) is 91.2 Å². The quantitative estimate of drug-likeness (QED) is 0.205. The van der Waals surface area contributed by atoms with Crippen LogP contribution >= 0.6 is 27.7 Å². The lowest BCUT2D eigenvalue weighted by atomic mass is 9.95. The summed E-state index contributed by atoms with van der Waals surface area (Å²) in [6.45, 7) is 2.08. The zero-order chi connectivity index (χ0) is 23.8. The van der Waals surface area contributed by atoms with Crippen molar-refractivity contribution in [2.24, 2.45) is 5.10 Å². The van der Waals surface area contributed by atoms with Crippen molar-refractivity contribution in [1.82, 2.24) is 20.2 Å². The van der Waals surface area contributed by atoms with Crippen LogP contribution in [0.2, 0.25) is 0 Å². The Morgan fingerprint density at radius 2 is 1.85 bits per heavy atom. The molecule has 4 rings (SSSR count). The maximum absolute atomic E-state index is 12.4. The molecule has 8 heteroatoms. The van der Waals surface area contributed by atoms with Crippen LogP contribution in [-0.2, 0) is 4.79 Å². The second kappa shape index (κ2) is 12.1. The Bertz CT molecular complexity index is 1150. The van der Waals surface area contributed by atoms with Gasteiger partial charge in [0.1, 0.15) is 0 Å². The van der Waals surface area contributed by atoms with Gasteiger partial charge in [0.2, 0.25) is 0 Å². The average Bonchev–Trinajstić information content (AvgIpc) is 3.28.